The predicted octanol–water partition coefficient (Wildman–Crippen LogP) is 6.44. The van der Waals surface area contributed by atoms with E-state index >= 15 is 0 Å². The van der Waals surface area contributed by atoms with Gasteiger partial charge in [-0.05, 0) is 64.0 Å². The first-order valence-electron chi connectivity index (χ1n) is 8.29. The first-order valence-corrected chi connectivity index (χ1v) is 9.46. The highest BCUT2D eigenvalue weighted by atomic mass is 79.9. The molecule has 3 nitrogen and oxygen atoms in total. The van der Waals surface area contributed by atoms with Gasteiger partial charge in [0.2, 0.25) is 0 Å². The predicted molar refractivity (Wildman–Crippen MR) is 110 cm³/mol. The second-order valence-electron chi connectivity index (χ2n) is 5.85. The second-order valence-corrected chi connectivity index (χ2v) is 7.14. The van der Waals surface area contributed by atoms with Gasteiger partial charge in [0.05, 0.1) is 11.6 Å². The lowest BCUT2D eigenvalue weighted by atomic mass is 10.2. The summed E-state index contributed by atoms with van der Waals surface area (Å²) in [5.74, 6) is 0.820. The number of nitrogens with one attached hydrogen (secondary N) is 1. The molecule has 3 aromatic carbocycles. The molecule has 0 aliphatic heterocycles. The zero-order valence-electron chi connectivity index (χ0n) is 14.6. The highest BCUT2D eigenvalue weighted by Gasteiger charge is 2.13. The lowest BCUT2D eigenvalue weighted by Crippen LogP contribution is -2.03. The average molecular weight is 451 g/mol. The van der Waals surface area contributed by atoms with Gasteiger partial charge in [0.25, 0.3) is 0 Å². The van der Waals surface area contributed by atoms with Crippen molar-refractivity contribution in [3.8, 4) is 11.5 Å². The molecule has 0 aromatic heterocycles. The van der Waals surface area contributed by atoms with E-state index in [4.69, 9.17) is 21.1 Å². The maximum absolute atomic E-state index is 13.8. The first kappa shape index (κ1) is 19.5. The van der Waals surface area contributed by atoms with Crippen LogP contribution in [0.5, 0.6) is 11.5 Å². The normalized spacial score (nSPS) is 10.5. The molecular weight excluding hydrogens is 433 g/mol. The van der Waals surface area contributed by atoms with Crippen LogP contribution in [0.25, 0.3) is 0 Å². The molecule has 0 radical (unpaired) electrons. The minimum Gasteiger partial charge on any atom is -0.493 e. The molecule has 0 unspecified atom stereocenters. The van der Waals surface area contributed by atoms with Crippen LogP contribution >= 0.6 is 27.5 Å². The second kappa shape index (κ2) is 9.11. The highest BCUT2D eigenvalue weighted by Crippen LogP contribution is 2.37. The standard InChI is InChI=1S/C21H18BrClFNO2/c1-26-20-11-14(12-25-17-8-6-16(23)7-9-17)10-18(22)21(20)27-13-15-4-2-3-5-19(15)24/h2-11,25H,12-13H2,1H3. The fourth-order valence-electron chi connectivity index (χ4n) is 2.55. The van der Waals surface area contributed by atoms with Gasteiger partial charge < -0.3 is 14.8 Å². The molecule has 0 atom stereocenters. The largest absolute Gasteiger partial charge is 0.493 e. The SMILES string of the molecule is COc1cc(CNc2ccc(Cl)cc2)cc(Br)c1OCc1ccccc1F. The van der Waals surface area contributed by atoms with E-state index in [0.717, 1.165) is 15.7 Å². The van der Waals surface area contributed by atoms with Crippen molar-refractivity contribution < 1.29 is 13.9 Å². The van der Waals surface area contributed by atoms with E-state index in [1.807, 2.05) is 36.4 Å². The molecule has 0 saturated heterocycles. The third-order valence-corrected chi connectivity index (χ3v) is 4.80. The van der Waals surface area contributed by atoms with Gasteiger partial charge in [0.1, 0.15) is 12.4 Å². The molecule has 6 heteroatoms. The monoisotopic (exact) mass is 449 g/mol. The molecule has 27 heavy (non-hydrogen) atoms. The number of benzene rings is 3. The third-order valence-electron chi connectivity index (χ3n) is 3.96. The zero-order chi connectivity index (χ0) is 19.2. The van der Waals surface area contributed by atoms with Crippen LogP contribution in [0.15, 0.2) is 65.1 Å². The van der Waals surface area contributed by atoms with E-state index in [9.17, 15) is 4.39 Å². The number of hydrogen-bond acceptors (Lipinski definition) is 3. The van der Waals surface area contributed by atoms with Gasteiger partial charge in [0, 0.05) is 22.8 Å². The Morgan fingerprint density at radius 3 is 2.52 bits per heavy atom. The van der Waals surface area contributed by atoms with Gasteiger partial charge in [-0.15, -0.1) is 0 Å². The Hall–Kier alpha value is -2.24. The molecule has 0 amide bonds. The molecule has 0 heterocycles. The van der Waals surface area contributed by atoms with Gasteiger partial charge in [-0.3, -0.25) is 0 Å². The van der Waals surface area contributed by atoms with Crippen molar-refractivity contribution in [1.82, 2.24) is 0 Å². The van der Waals surface area contributed by atoms with Crippen LogP contribution in [0.1, 0.15) is 11.1 Å². The maximum Gasteiger partial charge on any atom is 0.175 e. The van der Waals surface area contributed by atoms with E-state index in [1.165, 1.54) is 6.07 Å². The van der Waals surface area contributed by atoms with E-state index in [-0.39, 0.29) is 12.4 Å². The summed E-state index contributed by atoms with van der Waals surface area (Å²) in [7, 11) is 1.58. The number of rotatable bonds is 7. The Bertz CT molecular complexity index is 919. The molecule has 3 aromatic rings. The zero-order valence-corrected chi connectivity index (χ0v) is 17.0. The Morgan fingerprint density at radius 1 is 1.07 bits per heavy atom. The molecule has 3 rings (SSSR count). The highest BCUT2D eigenvalue weighted by molar-refractivity contribution is 9.10. The average Bonchev–Trinajstić information content (AvgIpc) is 2.67. The molecule has 0 fully saturated rings. The smallest absolute Gasteiger partial charge is 0.175 e. The number of ether oxygens (including phenoxy) is 2. The minimum atomic E-state index is -0.295. The minimum absolute atomic E-state index is 0.115. The molecule has 140 valence electrons. The summed E-state index contributed by atoms with van der Waals surface area (Å²) < 4.78 is 25.8. The lowest BCUT2D eigenvalue weighted by Gasteiger charge is -2.15. The summed E-state index contributed by atoms with van der Waals surface area (Å²) in [6.07, 6.45) is 0. The van der Waals surface area contributed by atoms with Crippen molar-refractivity contribution in [3.05, 3.63) is 87.1 Å². The Morgan fingerprint density at radius 2 is 1.81 bits per heavy atom. The van der Waals surface area contributed by atoms with E-state index in [0.29, 0.717) is 28.6 Å². The fraction of sp³-hybridized carbons (Fsp3) is 0.143. The van der Waals surface area contributed by atoms with Gasteiger partial charge in [-0.2, -0.15) is 0 Å². The quantitative estimate of drug-likeness (QED) is 0.449. The Balaban J connectivity index is 1.72. The summed E-state index contributed by atoms with van der Waals surface area (Å²) in [5, 5.41) is 4.02. The van der Waals surface area contributed by atoms with E-state index in [1.54, 1.807) is 25.3 Å². The number of hydrogen-bond donors (Lipinski definition) is 1. The lowest BCUT2D eigenvalue weighted by molar-refractivity contribution is 0.277. The number of methoxy groups -OCH3 is 1. The van der Waals surface area contributed by atoms with Crippen molar-refractivity contribution >= 4 is 33.2 Å². The van der Waals surface area contributed by atoms with Crippen molar-refractivity contribution in [2.24, 2.45) is 0 Å². The van der Waals surface area contributed by atoms with Crippen LogP contribution in [0.4, 0.5) is 10.1 Å². The number of anilines is 1. The van der Waals surface area contributed by atoms with Crippen LogP contribution in [-0.2, 0) is 13.2 Å². The Kier molecular flexibility index (Phi) is 6.58. The topological polar surface area (TPSA) is 30.5 Å². The van der Waals surface area contributed by atoms with E-state index < -0.39 is 0 Å². The van der Waals surface area contributed by atoms with Crippen LogP contribution in [0.2, 0.25) is 5.02 Å². The summed E-state index contributed by atoms with van der Waals surface area (Å²) in [4.78, 5) is 0. The van der Waals surface area contributed by atoms with Crippen molar-refractivity contribution in [2.75, 3.05) is 12.4 Å². The van der Waals surface area contributed by atoms with Gasteiger partial charge in [-0.1, -0.05) is 29.8 Å². The van der Waals surface area contributed by atoms with Crippen molar-refractivity contribution in [2.45, 2.75) is 13.2 Å². The van der Waals surface area contributed by atoms with Crippen molar-refractivity contribution in [3.63, 3.8) is 0 Å². The van der Waals surface area contributed by atoms with Crippen LogP contribution < -0.4 is 14.8 Å². The van der Waals surface area contributed by atoms with Crippen molar-refractivity contribution in [1.29, 1.82) is 0 Å². The van der Waals surface area contributed by atoms with Crippen LogP contribution in [-0.4, -0.2) is 7.11 Å². The summed E-state index contributed by atoms with van der Waals surface area (Å²) >= 11 is 9.43. The first-order chi connectivity index (χ1) is 13.1. The van der Waals surface area contributed by atoms with Gasteiger partial charge in [-0.25, -0.2) is 4.39 Å². The molecule has 0 spiro atoms. The molecule has 0 saturated carbocycles. The summed E-state index contributed by atoms with van der Waals surface area (Å²) in [5.41, 5.74) is 2.46. The van der Waals surface area contributed by atoms with Gasteiger partial charge >= 0.3 is 0 Å². The van der Waals surface area contributed by atoms with Crippen LogP contribution in [0, 0.1) is 5.82 Å². The molecule has 1 N–H and O–H groups in total. The van der Waals surface area contributed by atoms with E-state index in [2.05, 4.69) is 21.2 Å². The maximum atomic E-state index is 13.8. The van der Waals surface area contributed by atoms with Crippen LogP contribution in [0.3, 0.4) is 0 Å². The summed E-state index contributed by atoms with van der Waals surface area (Å²) in [6.45, 7) is 0.716. The third kappa shape index (κ3) is 5.15. The number of halogens is 3. The summed E-state index contributed by atoms with van der Waals surface area (Å²) in [6, 6.07) is 17.9. The molecule has 0 aliphatic carbocycles. The molecule has 0 aliphatic rings. The molecular formula is C21H18BrClFNO2. The Labute approximate surface area is 171 Å². The van der Waals surface area contributed by atoms with Gasteiger partial charge in [0.15, 0.2) is 11.5 Å². The molecule has 0 bridgehead atoms. The fourth-order valence-corrected chi connectivity index (χ4v) is 3.28.